The summed E-state index contributed by atoms with van der Waals surface area (Å²) in [5, 5.41) is 2.58. The van der Waals surface area contributed by atoms with E-state index in [9.17, 15) is 9.18 Å². The van der Waals surface area contributed by atoms with Crippen LogP contribution in [0.25, 0.3) is 0 Å². The first-order valence-electron chi connectivity index (χ1n) is 5.02. The predicted molar refractivity (Wildman–Crippen MR) is 61.1 cm³/mol. The smallest absolute Gasteiger partial charge is 0.274 e. The second-order valence-electron chi connectivity index (χ2n) is 3.49. The van der Waals surface area contributed by atoms with Crippen LogP contribution < -0.4 is 5.32 Å². The molecule has 1 amide bonds. The molecule has 0 atom stereocenters. The highest BCUT2D eigenvalue weighted by Crippen LogP contribution is 2.07. The molecule has 0 aliphatic heterocycles. The molecule has 2 rings (SSSR count). The molecule has 17 heavy (non-hydrogen) atoms. The van der Waals surface area contributed by atoms with E-state index in [4.69, 9.17) is 0 Å². The minimum Gasteiger partial charge on any atom is -0.319 e. The van der Waals surface area contributed by atoms with Gasteiger partial charge in [0.25, 0.3) is 5.91 Å². The van der Waals surface area contributed by atoms with Crippen LogP contribution in [0.4, 0.5) is 10.1 Å². The second kappa shape index (κ2) is 4.69. The average molecular weight is 231 g/mol. The van der Waals surface area contributed by atoms with Crippen LogP contribution in [-0.2, 0) is 0 Å². The van der Waals surface area contributed by atoms with Gasteiger partial charge in [0.1, 0.15) is 5.69 Å². The maximum Gasteiger partial charge on any atom is 0.274 e. The Labute approximate surface area is 97.5 Å². The lowest BCUT2D eigenvalue weighted by molar-refractivity contribution is 0.102. The average Bonchev–Trinajstić information content (AvgIpc) is 2.32. The molecule has 2 heterocycles. The quantitative estimate of drug-likeness (QED) is 0.806. The molecular formula is C12H10FN3O. The summed E-state index contributed by atoms with van der Waals surface area (Å²) in [5.41, 5.74) is 1.50. The molecule has 0 unspecified atom stereocenters. The van der Waals surface area contributed by atoms with Gasteiger partial charge in [0.15, 0.2) is 0 Å². The molecule has 0 fully saturated rings. The topological polar surface area (TPSA) is 54.9 Å². The van der Waals surface area contributed by atoms with Crippen LogP contribution in [0, 0.1) is 12.9 Å². The van der Waals surface area contributed by atoms with Crippen molar-refractivity contribution in [2.75, 3.05) is 5.32 Å². The van der Waals surface area contributed by atoms with Gasteiger partial charge in [-0.1, -0.05) is 6.07 Å². The summed E-state index contributed by atoms with van der Waals surface area (Å²) < 4.78 is 12.6. The van der Waals surface area contributed by atoms with E-state index in [2.05, 4.69) is 15.3 Å². The zero-order chi connectivity index (χ0) is 12.3. The molecule has 0 aromatic carbocycles. The Bertz CT molecular complexity index is 540. The minimum absolute atomic E-state index is 0.314. The van der Waals surface area contributed by atoms with Gasteiger partial charge in [-0.05, 0) is 31.2 Å². The van der Waals surface area contributed by atoms with Crippen molar-refractivity contribution in [3.8, 4) is 0 Å². The van der Waals surface area contributed by atoms with Gasteiger partial charge in [0.2, 0.25) is 5.95 Å². The Balaban J connectivity index is 2.14. The van der Waals surface area contributed by atoms with E-state index in [1.54, 1.807) is 25.1 Å². The van der Waals surface area contributed by atoms with Crippen LogP contribution in [0.5, 0.6) is 0 Å². The number of rotatable bonds is 2. The van der Waals surface area contributed by atoms with Crippen molar-refractivity contribution in [1.82, 2.24) is 9.97 Å². The highest BCUT2D eigenvalue weighted by molar-refractivity contribution is 6.02. The van der Waals surface area contributed by atoms with Crippen molar-refractivity contribution in [2.24, 2.45) is 0 Å². The summed E-state index contributed by atoms with van der Waals surface area (Å²) in [6.07, 6.45) is 1.25. The molecule has 4 nitrogen and oxygen atoms in total. The maximum absolute atomic E-state index is 12.6. The number of hydrogen-bond donors (Lipinski definition) is 1. The highest BCUT2D eigenvalue weighted by Gasteiger charge is 2.07. The van der Waals surface area contributed by atoms with Crippen LogP contribution in [0.3, 0.4) is 0 Å². The number of pyridine rings is 2. The summed E-state index contributed by atoms with van der Waals surface area (Å²) in [4.78, 5) is 19.3. The van der Waals surface area contributed by atoms with Crippen molar-refractivity contribution < 1.29 is 9.18 Å². The fourth-order valence-electron chi connectivity index (χ4n) is 1.31. The maximum atomic E-state index is 12.6. The van der Waals surface area contributed by atoms with Gasteiger partial charge in [0.05, 0.1) is 11.9 Å². The summed E-state index contributed by atoms with van der Waals surface area (Å²) in [6, 6.07) is 7.78. The number of hydrogen-bond acceptors (Lipinski definition) is 3. The Morgan fingerprint density at radius 3 is 2.76 bits per heavy atom. The second-order valence-corrected chi connectivity index (χ2v) is 3.49. The first-order chi connectivity index (χ1) is 8.15. The normalized spacial score (nSPS) is 10.0. The predicted octanol–water partition coefficient (Wildman–Crippen LogP) is 2.18. The van der Waals surface area contributed by atoms with Gasteiger partial charge in [-0.3, -0.25) is 4.79 Å². The summed E-state index contributed by atoms with van der Waals surface area (Å²) in [7, 11) is 0. The number of aryl methyl sites for hydroxylation is 1. The van der Waals surface area contributed by atoms with Gasteiger partial charge in [0, 0.05) is 5.69 Å². The van der Waals surface area contributed by atoms with Gasteiger partial charge in [-0.2, -0.15) is 4.39 Å². The molecule has 1 N–H and O–H groups in total. The lowest BCUT2D eigenvalue weighted by atomic mass is 10.3. The van der Waals surface area contributed by atoms with Crippen molar-refractivity contribution in [1.29, 1.82) is 0 Å². The molecule has 0 aliphatic rings. The third-order valence-electron chi connectivity index (χ3n) is 2.11. The van der Waals surface area contributed by atoms with Gasteiger partial charge in [-0.25, -0.2) is 9.97 Å². The lowest BCUT2D eigenvalue weighted by Gasteiger charge is -2.04. The van der Waals surface area contributed by atoms with Crippen LogP contribution >= 0.6 is 0 Å². The number of carbonyl (C=O) groups is 1. The number of halogens is 1. The van der Waals surface area contributed by atoms with E-state index in [1.165, 1.54) is 18.3 Å². The van der Waals surface area contributed by atoms with Crippen LogP contribution in [-0.4, -0.2) is 15.9 Å². The van der Waals surface area contributed by atoms with Gasteiger partial charge < -0.3 is 5.32 Å². The number of nitrogens with zero attached hydrogens (tertiary/aromatic N) is 2. The Morgan fingerprint density at radius 2 is 2.12 bits per heavy atom. The first kappa shape index (κ1) is 11.2. The number of anilines is 1. The molecule has 2 aromatic rings. The number of nitrogens with one attached hydrogen (secondary N) is 1. The number of carbonyl (C=O) groups excluding carboxylic acids is 1. The fourth-order valence-corrected chi connectivity index (χ4v) is 1.31. The molecule has 5 heteroatoms. The molecule has 0 aliphatic carbocycles. The zero-order valence-corrected chi connectivity index (χ0v) is 9.14. The number of aromatic nitrogens is 2. The molecule has 0 saturated carbocycles. The third-order valence-corrected chi connectivity index (χ3v) is 2.11. The van der Waals surface area contributed by atoms with E-state index >= 15 is 0 Å². The standard InChI is InChI=1S/C12H10FN3O/c1-8-3-2-4-10(15-8)12(17)16-9-5-6-11(13)14-7-9/h2-7H,1H3,(H,16,17). The molecular weight excluding hydrogens is 221 g/mol. The van der Waals surface area contributed by atoms with E-state index in [1.807, 2.05) is 0 Å². The van der Waals surface area contributed by atoms with Crippen LogP contribution in [0.2, 0.25) is 0 Å². The lowest BCUT2D eigenvalue weighted by Crippen LogP contribution is -2.14. The Hall–Kier alpha value is -2.30. The van der Waals surface area contributed by atoms with E-state index in [0.717, 1.165) is 5.69 Å². The minimum atomic E-state index is -0.586. The van der Waals surface area contributed by atoms with Crippen LogP contribution in [0.15, 0.2) is 36.5 Å². The first-order valence-corrected chi connectivity index (χ1v) is 5.02. The van der Waals surface area contributed by atoms with Crippen LogP contribution in [0.1, 0.15) is 16.2 Å². The molecule has 0 bridgehead atoms. The molecule has 0 radical (unpaired) electrons. The van der Waals surface area contributed by atoms with Crippen molar-refractivity contribution in [3.63, 3.8) is 0 Å². The largest absolute Gasteiger partial charge is 0.319 e. The zero-order valence-electron chi connectivity index (χ0n) is 9.14. The van der Waals surface area contributed by atoms with Gasteiger partial charge in [-0.15, -0.1) is 0 Å². The molecule has 2 aromatic heterocycles. The van der Waals surface area contributed by atoms with E-state index in [0.29, 0.717) is 11.4 Å². The Kier molecular flexibility index (Phi) is 3.09. The van der Waals surface area contributed by atoms with E-state index in [-0.39, 0.29) is 5.91 Å². The van der Waals surface area contributed by atoms with E-state index < -0.39 is 5.95 Å². The third kappa shape index (κ3) is 2.84. The molecule has 0 saturated heterocycles. The fraction of sp³-hybridized carbons (Fsp3) is 0.0833. The monoisotopic (exact) mass is 231 g/mol. The number of amides is 1. The summed E-state index contributed by atoms with van der Waals surface area (Å²) >= 11 is 0. The van der Waals surface area contributed by atoms with Crippen molar-refractivity contribution in [3.05, 3.63) is 53.9 Å². The van der Waals surface area contributed by atoms with Crippen molar-refractivity contribution in [2.45, 2.75) is 6.92 Å². The molecule has 86 valence electrons. The summed E-state index contributed by atoms with van der Waals surface area (Å²) in [6.45, 7) is 1.80. The highest BCUT2D eigenvalue weighted by atomic mass is 19.1. The SMILES string of the molecule is Cc1cccc(C(=O)Nc2ccc(F)nc2)n1. The summed E-state index contributed by atoms with van der Waals surface area (Å²) in [5.74, 6) is -0.932. The molecule has 0 spiro atoms. The van der Waals surface area contributed by atoms with Gasteiger partial charge >= 0.3 is 0 Å². The Morgan fingerprint density at radius 1 is 1.29 bits per heavy atom. The van der Waals surface area contributed by atoms with Crippen molar-refractivity contribution >= 4 is 11.6 Å².